The zero-order valence-corrected chi connectivity index (χ0v) is 19.3. The molecule has 0 aliphatic heterocycles. The monoisotopic (exact) mass is 436 g/mol. The Labute approximate surface area is 196 Å². The van der Waals surface area contributed by atoms with Gasteiger partial charge in [-0.2, -0.15) is 0 Å². The van der Waals surface area contributed by atoms with Crippen LogP contribution < -0.4 is 0 Å². The van der Waals surface area contributed by atoms with Gasteiger partial charge in [-0.3, -0.25) is 4.90 Å². The van der Waals surface area contributed by atoms with Gasteiger partial charge in [0.1, 0.15) is 0 Å². The van der Waals surface area contributed by atoms with Gasteiger partial charge in [0.25, 0.3) is 0 Å². The van der Waals surface area contributed by atoms with Gasteiger partial charge < -0.3 is 9.67 Å². The second kappa shape index (κ2) is 10.5. The molecule has 168 valence electrons. The minimum Gasteiger partial charge on any atom is -0.390 e. The van der Waals surface area contributed by atoms with Crippen LogP contribution in [0.25, 0.3) is 33.3 Å². The van der Waals surface area contributed by atoms with Crippen molar-refractivity contribution in [2.45, 2.75) is 19.6 Å². The molecule has 1 N–H and O–H groups in total. The normalized spacial score (nSPS) is 12.2. The van der Waals surface area contributed by atoms with E-state index < -0.39 is 6.10 Å². The lowest BCUT2D eigenvalue weighted by Crippen LogP contribution is -2.35. The third-order valence-electron chi connectivity index (χ3n) is 5.97. The molecule has 0 bridgehead atoms. The molecule has 0 amide bonds. The SMILES string of the molecule is C=CCN(CC=C)CC(O)Cn1c(-c2ccccc2)c(-c2ccccc2)c2cc(C)ccc21. The summed E-state index contributed by atoms with van der Waals surface area (Å²) in [6.45, 7) is 12.3. The van der Waals surface area contributed by atoms with Gasteiger partial charge in [0.05, 0.1) is 18.3 Å². The number of hydrogen-bond acceptors (Lipinski definition) is 2. The van der Waals surface area contributed by atoms with Gasteiger partial charge in [-0.05, 0) is 30.2 Å². The maximum atomic E-state index is 11.2. The number of hydrogen-bond donors (Lipinski definition) is 1. The van der Waals surface area contributed by atoms with E-state index in [9.17, 15) is 5.11 Å². The van der Waals surface area contributed by atoms with E-state index in [0.717, 1.165) is 29.9 Å². The van der Waals surface area contributed by atoms with E-state index in [-0.39, 0.29) is 0 Å². The number of fused-ring (bicyclic) bond motifs is 1. The summed E-state index contributed by atoms with van der Waals surface area (Å²) in [5.74, 6) is 0. The number of rotatable bonds is 10. The minimum absolute atomic E-state index is 0.501. The van der Waals surface area contributed by atoms with E-state index in [2.05, 4.69) is 96.3 Å². The van der Waals surface area contributed by atoms with Crippen molar-refractivity contribution in [3.63, 3.8) is 0 Å². The second-order valence-corrected chi connectivity index (χ2v) is 8.54. The number of aromatic nitrogens is 1. The van der Waals surface area contributed by atoms with Gasteiger partial charge in [-0.1, -0.05) is 84.4 Å². The second-order valence-electron chi connectivity index (χ2n) is 8.54. The minimum atomic E-state index is -0.534. The van der Waals surface area contributed by atoms with Crippen LogP contribution in [0, 0.1) is 6.92 Å². The summed E-state index contributed by atoms with van der Waals surface area (Å²) in [6.07, 6.45) is 3.20. The highest BCUT2D eigenvalue weighted by atomic mass is 16.3. The van der Waals surface area contributed by atoms with Gasteiger partial charge in [0.2, 0.25) is 0 Å². The first kappa shape index (κ1) is 22.8. The Balaban J connectivity index is 1.88. The van der Waals surface area contributed by atoms with E-state index in [0.29, 0.717) is 13.1 Å². The molecule has 3 aromatic carbocycles. The summed E-state index contributed by atoms with van der Waals surface area (Å²) in [5.41, 5.74) is 7.03. The van der Waals surface area contributed by atoms with Crippen LogP contribution in [-0.2, 0) is 6.54 Å². The van der Waals surface area contributed by atoms with E-state index in [1.165, 1.54) is 22.1 Å². The predicted octanol–water partition coefficient (Wildman–Crippen LogP) is 6.32. The van der Waals surface area contributed by atoms with Crippen molar-refractivity contribution in [2.75, 3.05) is 19.6 Å². The molecule has 4 aromatic rings. The summed E-state index contributed by atoms with van der Waals surface area (Å²) < 4.78 is 2.29. The summed E-state index contributed by atoms with van der Waals surface area (Å²) >= 11 is 0. The highest BCUT2D eigenvalue weighted by Gasteiger charge is 2.22. The van der Waals surface area contributed by atoms with Crippen LogP contribution in [0.3, 0.4) is 0 Å². The maximum Gasteiger partial charge on any atom is 0.0846 e. The van der Waals surface area contributed by atoms with Gasteiger partial charge in [0.15, 0.2) is 0 Å². The lowest BCUT2D eigenvalue weighted by Gasteiger charge is -2.24. The van der Waals surface area contributed by atoms with Gasteiger partial charge in [-0.25, -0.2) is 0 Å². The van der Waals surface area contributed by atoms with Crippen LogP contribution in [0.2, 0.25) is 0 Å². The average molecular weight is 437 g/mol. The Kier molecular flexibility index (Phi) is 7.23. The van der Waals surface area contributed by atoms with Crippen molar-refractivity contribution in [2.24, 2.45) is 0 Å². The van der Waals surface area contributed by atoms with Crippen LogP contribution >= 0.6 is 0 Å². The van der Waals surface area contributed by atoms with Crippen molar-refractivity contribution in [1.29, 1.82) is 0 Å². The van der Waals surface area contributed by atoms with Crippen molar-refractivity contribution in [3.05, 3.63) is 110 Å². The molecular formula is C30H32N2O. The Hall–Kier alpha value is -3.40. The molecule has 4 rings (SSSR count). The lowest BCUT2D eigenvalue weighted by molar-refractivity contribution is 0.110. The molecule has 3 heteroatoms. The fraction of sp³-hybridized carbons (Fsp3) is 0.200. The fourth-order valence-electron chi connectivity index (χ4n) is 4.61. The van der Waals surface area contributed by atoms with E-state index in [1.54, 1.807) is 0 Å². The predicted molar refractivity (Wildman–Crippen MR) is 140 cm³/mol. The van der Waals surface area contributed by atoms with Crippen molar-refractivity contribution >= 4 is 10.9 Å². The summed E-state index contributed by atoms with van der Waals surface area (Å²) in [7, 11) is 0. The number of aliphatic hydroxyl groups excluding tert-OH is 1. The van der Waals surface area contributed by atoms with Gasteiger partial charge >= 0.3 is 0 Å². The molecule has 0 saturated carbocycles. The van der Waals surface area contributed by atoms with Gasteiger partial charge in [-0.15, -0.1) is 13.2 Å². The number of aliphatic hydroxyl groups is 1. The molecule has 1 heterocycles. The quantitative estimate of drug-likeness (QED) is 0.295. The first-order valence-electron chi connectivity index (χ1n) is 11.5. The molecular weight excluding hydrogens is 404 g/mol. The highest BCUT2D eigenvalue weighted by Crippen LogP contribution is 2.41. The number of aryl methyl sites for hydroxylation is 1. The highest BCUT2D eigenvalue weighted by molar-refractivity contribution is 6.04. The van der Waals surface area contributed by atoms with E-state index in [1.807, 2.05) is 24.3 Å². The largest absolute Gasteiger partial charge is 0.390 e. The molecule has 0 radical (unpaired) electrons. The molecule has 33 heavy (non-hydrogen) atoms. The van der Waals surface area contributed by atoms with E-state index in [4.69, 9.17) is 0 Å². The summed E-state index contributed by atoms with van der Waals surface area (Å²) in [6, 6.07) is 27.6. The first-order chi connectivity index (χ1) is 16.1. The fourth-order valence-corrected chi connectivity index (χ4v) is 4.61. The molecule has 0 saturated heterocycles. The molecule has 0 aliphatic carbocycles. The smallest absolute Gasteiger partial charge is 0.0846 e. The molecule has 0 fully saturated rings. The van der Waals surface area contributed by atoms with Crippen molar-refractivity contribution < 1.29 is 5.11 Å². The Morgan fingerprint density at radius 3 is 2.09 bits per heavy atom. The molecule has 1 unspecified atom stereocenters. The third kappa shape index (κ3) is 5.00. The number of benzene rings is 3. The molecule has 1 aromatic heterocycles. The molecule has 3 nitrogen and oxygen atoms in total. The summed E-state index contributed by atoms with van der Waals surface area (Å²) in [5, 5.41) is 12.4. The maximum absolute atomic E-state index is 11.2. The number of nitrogens with zero attached hydrogens (tertiary/aromatic N) is 2. The van der Waals surface area contributed by atoms with Crippen LogP contribution in [0.1, 0.15) is 5.56 Å². The van der Waals surface area contributed by atoms with Gasteiger partial charge in [0, 0.05) is 36.1 Å². The zero-order valence-electron chi connectivity index (χ0n) is 19.3. The molecule has 0 spiro atoms. The van der Waals surface area contributed by atoms with Crippen LogP contribution in [0.4, 0.5) is 0 Å². The molecule has 1 atom stereocenters. The zero-order chi connectivity index (χ0) is 23.2. The molecule has 0 aliphatic rings. The first-order valence-corrected chi connectivity index (χ1v) is 11.5. The van der Waals surface area contributed by atoms with E-state index >= 15 is 0 Å². The van der Waals surface area contributed by atoms with Crippen molar-refractivity contribution in [1.82, 2.24) is 9.47 Å². The lowest BCUT2D eigenvalue weighted by atomic mass is 9.98. The Morgan fingerprint density at radius 1 is 0.879 bits per heavy atom. The average Bonchev–Trinajstić information content (AvgIpc) is 3.13. The van der Waals surface area contributed by atoms with Crippen molar-refractivity contribution in [3.8, 4) is 22.4 Å². The van der Waals surface area contributed by atoms with Crippen LogP contribution in [0.15, 0.2) is 104 Å². The third-order valence-corrected chi connectivity index (χ3v) is 5.97. The Bertz CT molecular complexity index is 1210. The topological polar surface area (TPSA) is 28.4 Å². The van der Waals surface area contributed by atoms with Crippen LogP contribution in [-0.4, -0.2) is 40.3 Å². The Morgan fingerprint density at radius 2 is 1.48 bits per heavy atom. The standard InChI is InChI=1S/C30H32N2O/c1-4-18-31(19-5-2)21-26(33)22-32-28-17-16-23(3)20-27(28)29(24-12-8-6-9-13-24)30(32)25-14-10-7-11-15-25/h4-17,20,26,33H,1-2,18-19,21-22H2,3H3. The van der Waals surface area contributed by atoms with Crippen LogP contribution in [0.5, 0.6) is 0 Å². The summed E-state index contributed by atoms with van der Waals surface area (Å²) in [4.78, 5) is 2.15.